The van der Waals surface area contributed by atoms with Gasteiger partial charge in [0.05, 0.1) is 0 Å². The van der Waals surface area contributed by atoms with E-state index >= 15 is 0 Å². The molecular weight excluding hydrogens is 286 g/mol. The second-order valence-corrected chi connectivity index (χ2v) is 6.94. The van der Waals surface area contributed by atoms with Crippen molar-refractivity contribution in [2.75, 3.05) is 13.6 Å². The molecule has 21 heavy (non-hydrogen) atoms. The molecule has 2 fully saturated rings. The lowest BCUT2D eigenvalue weighted by Gasteiger charge is -2.57. The minimum atomic E-state index is -0.200. The summed E-state index contributed by atoms with van der Waals surface area (Å²) in [6.07, 6.45) is 3.74. The van der Waals surface area contributed by atoms with Gasteiger partial charge in [-0.25, -0.2) is 0 Å². The topological polar surface area (TPSA) is 29.5 Å². The highest BCUT2D eigenvalue weighted by atomic mass is 35.5. The van der Waals surface area contributed by atoms with Gasteiger partial charge in [0.1, 0.15) is 5.75 Å². The van der Waals surface area contributed by atoms with Crippen molar-refractivity contribution in [1.29, 1.82) is 0 Å². The van der Waals surface area contributed by atoms with Gasteiger partial charge >= 0.3 is 0 Å². The van der Waals surface area contributed by atoms with E-state index in [2.05, 4.69) is 30.1 Å². The molecule has 1 saturated carbocycles. The van der Waals surface area contributed by atoms with Crippen molar-refractivity contribution in [3.63, 3.8) is 0 Å². The minimum absolute atomic E-state index is 0. The highest BCUT2D eigenvalue weighted by molar-refractivity contribution is 5.88. The molecule has 0 radical (unpaired) electrons. The Hall–Kier alpha value is -1.06. The van der Waals surface area contributed by atoms with Crippen molar-refractivity contribution in [2.45, 2.75) is 43.2 Å². The molecule has 5 rings (SSSR count). The molecule has 0 unspecified atom stereocenters. The van der Waals surface area contributed by atoms with Crippen LogP contribution in [0.4, 0.5) is 0 Å². The first-order chi connectivity index (χ1) is 9.72. The van der Waals surface area contributed by atoms with Gasteiger partial charge in [-0.15, -0.1) is 12.4 Å². The van der Waals surface area contributed by atoms with Gasteiger partial charge in [-0.1, -0.05) is 12.1 Å². The van der Waals surface area contributed by atoms with Crippen LogP contribution in [-0.4, -0.2) is 36.4 Å². The molecule has 4 atom stereocenters. The molecule has 2 aliphatic heterocycles. The number of halogens is 1. The van der Waals surface area contributed by atoms with E-state index in [0.717, 1.165) is 31.6 Å². The molecule has 1 aromatic carbocycles. The fraction of sp³-hybridized carbons (Fsp3) is 0.588. The Kier molecular flexibility index (Phi) is 2.74. The number of likely N-dealkylation sites (tertiary alicyclic amines) is 1. The van der Waals surface area contributed by atoms with E-state index in [1.807, 2.05) is 0 Å². The third kappa shape index (κ3) is 1.42. The van der Waals surface area contributed by atoms with E-state index in [-0.39, 0.29) is 23.9 Å². The standard InChI is InChI=1S/C17H19NO2.ClH/c1-18-8-7-17-11-5-6-13(19)16(17)20-14-4-2-3-10(15(14)17)9-12(11)18;/h2-4,11-12,16H,5-9H2,1H3;1H/t11-,12+,16-,17-;/m0./s1. The van der Waals surface area contributed by atoms with Crippen LogP contribution < -0.4 is 4.74 Å². The lowest BCUT2D eigenvalue weighted by Crippen LogP contribution is -2.65. The van der Waals surface area contributed by atoms with Crippen LogP contribution in [0.3, 0.4) is 0 Å². The molecule has 4 heteroatoms. The second-order valence-electron chi connectivity index (χ2n) is 6.94. The zero-order chi connectivity index (χ0) is 13.5. The average Bonchev–Trinajstić information content (AvgIpc) is 2.79. The number of nitrogens with zero attached hydrogens (tertiary/aromatic N) is 1. The molecule has 2 bridgehead atoms. The van der Waals surface area contributed by atoms with Gasteiger partial charge in [0.25, 0.3) is 0 Å². The Bertz CT molecular complexity index is 631. The summed E-state index contributed by atoms with van der Waals surface area (Å²) < 4.78 is 6.16. The molecule has 2 aliphatic carbocycles. The number of hydrogen-bond donors (Lipinski definition) is 0. The van der Waals surface area contributed by atoms with Crippen molar-refractivity contribution in [1.82, 2.24) is 4.90 Å². The van der Waals surface area contributed by atoms with Crippen molar-refractivity contribution in [2.24, 2.45) is 5.92 Å². The predicted molar refractivity (Wildman–Crippen MR) is 82.3 cm³/mol. The number of piperidine rings is 1. The molecule has 1 aromatic rings. The van der Waals surface area contributed by atoms with Crippen LogP contribution in [-0.2, 0) is 16.6 Å². The first kappa shape index (κ1) is 13.6. The van der Waals surface area contributed by atoms with Gasteiger partial charge in [0, 0.05) is 23.4 Å². The minimum Gasteiger partial charge on any atom is -0.481 e. The molecule has 0 N–H and O–H groups in total. The van der Waals surface area contributed by atoms with Crippen LogP contribution in [0, 0.1) is 5.92 Å². The molecule has 0 amide bonds. The van der Waals surface area contributed by atoms with Gasteiger partial charge in [-0.2, -0.15) is 0 Å². The normalized spacial score (nSPS) is 39.3. The summed E-state index contributed by atoms with van der Waals surface area (Å²) in [5.41, 5.74) is 2.82. The number of Topliss-reactive ketones (excluding diaryl/α,β-unsaturated/α-hetero) is 1. The van der Waals surface area contributed by atoms with Crippen LogP contribution >= 0.6 is 12.4 Å². The summed E-state index contributed by atoms with van der Waals surface area (Å²) in [7, 11) is 2.24. The summed E-state index contributed by atoms with van der Waals surface area (Å²) in [6.45, 7) is 1.09. The van der Waals surface area contributed by atoms with Gasteiger partial charge in [-0.3, -0.25) is 4.79 Å². The zero-order valence-corrected chi connectivity index (χ0v) is 13.0. The number of carbonyl (C=O) groups excluding carboxylic acids is 1. The maximum Gasteiger partial charge on any atom is 0.174 e. The van der Waals surface area contributed by atoms with E-state index in [1.54, 1.807) is 0 Å². The third-order valence-electron chi connectivity index (χ3n) is 6.28. The monoisotopic (exact) mass is 305 g/mol. The molecule has 3 nitrogen and oxygen atoms in total. The molecule has 4 aliphatic rings. The number of carbonyl (C=O) groups is 1. The van der Waals surface area contributed by atoms with E-state index in [9.17, 15) is 4.79 Å². The lowest BCUT2D eigenvalue weighted by atomic mass is 9.52. The summed E-state index contributed by atoms with van der Waals surface area (Å²) >= 11 is 0. The van der Waals surface area contributed by atoms with E-state index in [1.165, 1.54) is 11.1 Å². The summed E-state index contributed by atoms with van der Waals surface area (Å²) in [5, 5.41) is 0. The van der Waals surface area contributed by atoms with E-state index in [0.29, 0.717) is 24.2 Å². The molecule has 2 heterocycles. The quantitative estimate of drug-likeness (QED) is 0.737. The largest absolute Gasteiger partial charge is 0.481 e. The number of hydrogen-bond acceptors (Lipinski definition) is 3. The number of rotatable bonds is 0. The van der Waals surface area contributed by atoms with Gasteiger partial charge in [-0.05, 0) is 50.4 Å². The Morgan fingerprint density at radius 2 is 2.24 bits per heavy atom. The predicted octanol–water partition coefficient (Wildman–Crippen LogP) is 2.35. The van der Waals surface area contributed by atoms with E-state index < -0.39 is 0 Å². The van der Waals surface area contributed by atoms with Crippen molar-refractivity contribution < 1.29 is 9.53 Å². The van der Waals surface area contributed by atoms with Crippen LogP contribution in [0.2, 0.25) is 0 Å². The molecule has 112 valence electrons. The van der Waals surface area contributed by atoms with Crippen LogP contribution in [0.15, 0.2) is 18.2 Å². The highest BCUT2D eigenvalue weighted by Crippen LogP contribution is 2.61. The summed E-state index contributed by atoms with van der Waals surface area (Å²) in [5.74, 6) is 1.92. The van der Waals surface area contributed by atoms with Gasteiger partial charge in [0.15, 0.2) is 11.9 Å². The van der Waals surface area contributed by atoms with Gasteiger partial charge < -0.3 is 9.64 Å². The van der Waals surface area contributed by atoms with Crippen LogP contribution in [0.1, 0.15) is 30.4 Å². The smallest absolute Gasteiger partial charge is 0.174 e. The number of benzene rings is 1. The Morgan fingerprint density at radius 3 is 3.10 bits per heavy atom. The van der Waals surface area contributed by atoms with Crippen molar-refractivity contribution in [3.05, 3.63) is 29.3 Å². The fourth-order valence-electron chi connectivity index (χ4n) is 5.49. The molecule has 1 spiro atoms. The van der Waals surface area contributed by atoms with Crippen molar-refractivity contribution >= 4 is 18.2 Å². The number of ether oxygens (including phenoxy) is 1. The molecule has 1 saturated heterocycles. The lowest BCUT2D eigenvalue weighted by molar-refractivity contribution is -0.138. The van der Waals surface area contributed by atoms with E-state index in [4.69, 9.17) is 4.74 Å². The van der Waals surface area contributed by atoms with Crippen LogP contribution in [0.5, 0.6) is 5.75 Å². The Morgan fingerprint density at radius 1 is 1.38 bits per heavy atom. The maximum atomic E-state index is 12.5. The van der Waals surface area contributed by atoms with Crippen LogP contribution in [0.25, 0.3) is 0 Å². The maximum absolute atomic E-state index is 12.5. The Labute approximate surface area is 131 Å². The average molecular weight is 306 g/mol. The van der Waals surface area contributed by atoms with Crippen molar-refractivity contribution in [3.8, 4) is 5.75 Å². The molecular formula is C17H20ClNO2. The third-order valence-corrected chi connectivity index (χ3v) is 6.28. The molecule has 0 aromatic heterocycles. The zero-order valence-electron chi connectivity index (χ0n) is 12.2. The highest BCUT2D eigenvalue weighted by Gasteiger charge is 2.64. The summed E-state index contributed by atoms with van der Waals surface area (Å²) in [6, 6.07) is 6.98. The Balaban J connectivity index is 0.00000115. The number of ketones is 1. The van der Waals surface area contributed by atoms with Gasteiger partial charge in [0.2, 0.25) is 0 Å². The first-order valence-electron chi connectivity index (χ1n) is 7.74. The summed E-state index contributed by atoms with van der Waals surface area (Å²) in [4.78, 5) is 15.0. The number of likely N-dealkylation sites (N-methyl/N-ethyl adjacent to an activating group) is 1. The second kappa shape index (κ2) is 4.23. The first-order valence-corrected chi connectivity index (χ1v) is 7.74. The fourth-order valence-corrected chi connectivity index (χ4v) is 5.49. The SMILES string of the molecule is CN1CC[C@]23c4c5cccc4O[C@H]2C(=O)CC[C@H]3[C@H]1C5.Cl.